The van der Waals surface area contributed by atoms with E-state index in [-0.39, 0.29) is 18.3 Å². The summed E-state index contributed by atoms with van der Waals surface area (Å²) < 4.78 is 0. The number of aryl methyl sites for hydroxylation is 2. The van der Waals surface area contributed by atoms with Crippen LogP contribution in [0.25, 0.3) is 0 Å². The smallest absolute Gasteiger partial charge is 0.220 e. The third-order valence-corrected chi connectivity index (χ3v) is 3.71. The Hall–Kier alpha value is -2.00. The van der Waals surface area contributed by atoms with Gasteiger partial charge in [0.1, 0.15) is 0 Å². The molecule has 2 rings (SSSR count). The Bertz CT molecular complexity index is 540. The molecule has 2 aromatic rings. The predicted octanol–water partition coefficient (Wildman–Crippen LogP) is 3.68. The SMILES string of the molecule is Cc1ccc(CCCC(=O)NCCc2ccc(N)cc2)cc1.Cl. The highest BCUT2D eigenvalue weighted by Crippen LogP contribution is 2.08. The van der Waals surface area contributed by atoms with Gasteiger partial charge in [0.2, 0.25) is 5.91 Å². The van der Waals surface area contributed by atoms with E-state index in [4.69, 9.17) is 5.73 Å². The molecule has 0 aliphatic carbocycles. The number of carbonyl (C=O) groups is 1. The largest absolute Gasteiger partial charge is 0.399 e. The van der Waals surface area contributed by atoms with Crippen LogP contribution in [0.15, 0.2) is 48.5 Å². The molecule has 3 N–H and O–H groups in total. The number of anilines is 1. The van der Waals surface area contributed by atoms with Crippen LogP contribution < -0.4 is 11.1 Å². The van der Waals surface area contributed by atoms with Crippen molar-refractivity contribution in [2.45, 2.75) is 32.6 Å². The number of halogens is 1. The number of rotatable bonds is 7. The maximum Gasteiger partial charge on any atom is 0.220 e. The van der Waals surface area contributed by atoms with Gasteiger partial charge in [-0.15, -0.1) is 12.4 Å². The summed E-state index contributed by atoms with van der Waals surface area (Å²) in [7, 11) is 0. The van der Waals surface area contributed by atoms with Gasteiger partial charge in [-0.3, -0.25) is 4.79 Å². The highest BCUT2D eigenvalue weighted by atomic mass is 35.5. The van der Waals surface area contributed by atoms with Gasteiger partial charge in [0.25, 0.3) is 0 Å². The maximum absolute atomic E-state index is 11.8. The average molecular weight is 333 g/mol. The molecule has 0 unspecified atom stereocenters. The third kappa shape index (κ3) is 7.20. The lowest BCUT2D eigenvalue weighted by atomic mass is 10.1. The van der Waals surface area contributed by atoms with Crippen molar-refractivity contribution >= 4 is 24.0 Å². The van der Waals surface area contributed by atoms with Gasteiger partial charge in [-0.05, 0) is 49.4 Å². The number of nitrogens with one attached hydrogen (secondary N) is 1. The van der Waals surface area contributed by atoms with E-state index in [0.29, 0.717) is 13.0 Å². The number of amides is 1. The van der Waals surface area contributed by atoms with Crippen LogP contribution in [0.5, 0.6) is 0 Å². The van der Waals surface area contributed by atoms with Gasteiger partial charge in [0, 0.05) is 18.7 Å². The first-order valence-electron chi connectivity index (χ1n) is 7.80. The summed E-state index contributed by atoms with van der Waals surface area (Å²) in [5.74, 6) is 0.127. The van der Waals surface area contributed by atoms with Crippen LogP contribution in [-0.2, 0) is 17.6 Å². The predicted molar refractivity (Wildman–Crippen MR) is 98.9 cm³/mol. The molecule has 0 saturated heterocycles. The van der Waals surface area contributed by atoms with E-state index >= 15 is 0 Å². The Morgan fingerprint density at radius 2 is 1.52 bits per heavy atom. The summed E-state index contributed by atoms with van der Waals surface area (Å²) in [5.41, 5.74) is 10.2. The minimum absolute atomic E-state index is 0. The fraction of sp³-hybridized carbons (Fsp3) is 0.316. The summed E-state index contributed by atoms with van der Waals surface area (Å²) in [6.07, 6.45) is 3.25. The van der Waals surface area contributed by atoms with Crippen molar-refractivity contribution in [2.75, 3.05) is 12.3 Å². The van der Waals surface area contributed by atoms with E-state index in [1.54, 1.807) is 0 Å². The van der Waals surface area contributed by atoms with E-state index in [9.17, 15) is 4.79 Å². The van der Waals surface area contributed by atoms with E-state index in [0.717, 1.165) is 24.9 Å². The minimum atomic E-state index is 0. The van der Waals surface area contributed by atoms with Gasteiger partial charge >= 0.3 is 0 Å². The summed E-state index contributed by atoms with van der Waals surface area (Å²) in [6, 6.07) is 16.3. The highest BCUT2D eigenvalue weighted by molar-refractivity contribution is 5.85. The second-order valence-corrected chi connectivity index (χ2v) is 5.68. The average Bonchev–Trinajstić information content (AvgIpc) is 2.51. The summed E-state index contributed by atoms with van der Waals surface area (Å²) >= 11 is 0. The Morgan fingerprint density at radius 1 is 0.957 bits per heavy atom. The molecule has 3 nitrogen and oxygen atoms in total. The molecule has 2 aromatic carbocycles. The van der Waals surface area contributed by atoms with Gasteiger partial charge in [-0.2, -0.15) is 0 Å². The second-order valence-electron chi connectivity index (χ2n) is 5.68. The number of nitrogens with two attached hydrogens (primary N) is 1. The summed E-state index contributed by atoms with van der Waals surface area (Å²) in [4.78, 5) is 11.8. The fourth-order valence-electron chi connectivity index (χ4n) is 2.33. The second kappa shape index (κ2) is 9.90. The standard InChI is InChI=1S/C19H24N2O.ClH/c1-15-5-7-16(8-6-15)3-2-4-19(22)21-14-13-17-9-11-18(20)12-10-17;/h5-12H,2-4,13-14,20H2,1H3,(H,21,22);1H. The number of carbonyl (C=O) groups excluding carboxylic acids is 1. The zero-order valence-electron chi connectivity index (χ0n) is 13.5. The van der Waals surface area contributed by atoms with Crippen LogP contribution in [0.1, 0.15) is 29.5 Å². The lowest BCUT2D eigenvalue weighted by molar-refractivity contribution is -0.121. The number of hydrogen-bond acceptors (Lipinski definition) is 2. The minimum Gasteiger partial charge on any atom is -0.399 e. The van der Waals surface area contributed by atoms with Crippen molar-refractivity contribution in [1.82, 2.24) is 5.32 Å². The fourth-order valence-corrected chi connectivity index (χ4v) is 2.33. The molecule has 124 valence electrons. The van der Waals surface area contributed by atoms with Gasteiger partial charge in [-0.25, -0.2) is 0 Å². The van der Waals surface area contributed by atoms with Crippen LogP contribution in [0.4, 0.5) is 5.69 Å². The molecule has 0 bridgehead atoms. The molecule has 0 aliphatic rings. The molecule has 0 aliphatic heterocycles. The molecule has 0 fully saturated rings. The number of benzene rings is 2. The number of nitrogen functional groups attached to an aromatic ring is 1. The van der Waals surface area contributed by atoms with Crippen molar-refractivity contribution < 1.29 is 4.79 Å². The van der Waals surface area contributed by atoms with Crippen molar-refractivity contribution in [3.63, 3.8) is 0 Å². The topological polar surface area (TPSA) is 55.1 Å². The van der Waals surface area contributed by atoms with Crippen LogP contribution >= 0.6 is 12.4 Å². The van der Waals surface area contributed by atoms with Crippen LogP contribution in [0, 0.1) is 6.92 Å². The van der Waals surface area contributed by atoms with E-state index < -0.39 is 0 Å². The molecule has 4 heteroatoms. The Kier molecular flexibility index (Phi) is 8.20. The monoisotopic (exact) mass is 332 g/mol. The molecular formula is C19H25ClN2O. The Morgan fingerprint density at radius 3 is 2.17 bits per heavy atom. The van der Waals surface area contributed by atoms with Crippen molar-refractivity contribution in [2.24, 2.45) is 0 Å². The lowest BCUT2D eigenvalue weighted by Gasteiger charge is -2.06. The summed E-state index contributed by atoms with van der Waals surface area (Å²) in [6.45, 7) is 2.76. The van der Waals surface area contributed by atoms with Gasteiger partial charge in [-0.1, -0.05) is 42.0 Å². The van der Waals surface area contributed by atoms with Crippen LogP contribution in [-0.4, -0.2) is 12.5 Å². The van der Waals surface area contributed by atoms with Gasteiger partial charge < -0.3 is 11.1 Å². The van der Waals surface area contributed by atoms with Crippen molar-refractivity contribution in [3.8, 4) is 0 Å². The molecule has 0 atom stereocenters. The van der Waals surface area contributed by atoms with Crippen LogP contribution in [0.3, 0.4) is 0 Å². The third-order valence-electron chi connectivity index (χ3n) is 3.71. The zero-order chi connectivity index (χ0) is 15.8. The summed E-state index contributed by atoms with van der Waals surface area (Å²) in [5, 5.41) is 2.97. The zero-order valence-corrected chi connectivity index (χ0v) is 14.4. The van der Waals surface area contributed by atoms with Gasteiger partial charge in [0.05, 0.1) is 0 Å². The molecule has 0 saturated carbocycles. The van der Waals surface area contributed by atoms with Crippen molar-refractivity contribution in [1.29, 1.82) is 0 Å². The molecule has 0 heterocycles. The Balaban J connectivity index is 0.00000264. The first-order valence-corrected chi connectivity index (χ1v) is 7.80. The normalized spacial score (nSPS) is 9.96. The van der Waals surface area contributed by atoms with E-state index in [2.05, 4.69) is 36.5 Å². The van der Waals surface area contributed by atoms with Crippen molar-refractivity contribution in [3.05, 3.63) is 65.2 Å². The van der Waals surface area contributed by atoms with Gasteiger partial charge in [0.15, 0.2) is 0 Å². The molecule has 1 amide bonds. The molecule has 0 spiro atoms. The Labute approximate surface area is 144 Å². The molecular weight excluding hydrogens is 308 g/mol. The lowest BCUT2D eigenvalue weighted by Crippen LogP contribution is -2.25. The molecule has 0 radical (unpaired) electrons. The maximum atomic E-state index is 11.8. The molecule has 0 aromatic heterocycles. The first kappa shape index (κ1) is 19.0. The highest BCUT2D eigenvalue weighted by Gasteiger charge is 2.02. The quantitative estimate of drug-likeness (QED) is 0.760. The molecule has 23 heavy (non-hydrogen) atoms. The van der Waals surface area contributed by atoms with E-state index in [1.807, 2.05) is 24.3 Å². The number of hydrogen-bond donors (Lipinski definition) is 2. The first-order chi connectivity index (χ1) is 10.6. The van der Waals surface area contributed by atoms with E-state index in [1.165, 1.54) is 16.7 Å². The van der Waals surface area contributed by atoms with Crippen LogP contribution in [0.2, 0.25) is 0 Å².